The SMILES string of the molecule is Cc1ccc(S(=O)(=O)N(C)C[C@@H]2Oc3cc(C#Cc4ccncc4)ccc3S(=O)(=O)N([C@H](C)CO)C[C@H]2C)cc1. The maximum atomic E-state index is 13.7. The number of ether oxygens (including phenoxy) is 1. The summed E-state index contributed by atoms with van der Waals surface area (Å²) in [7, 11) is -6.39. The molecule has 0 saturated carbocycles. The molecule has 0 saturated heterocycles. The number of sulfonamides is 2. The Morgan fingerprint density at radius 3 is 2.40 bits per heavy atom. The molecule has 4 rings (SSSR count). The van der Waals surface area contributed by atoms with Gasteiger partial charge in [-0.05, 0) is 56.3 Å². The van der Waals surface area contributed by atoms with E-state index in [1.54, 1.807) is 67.8 Å². The van der Waals surface area contributed by atoms with Crippen LogP contribution >= 0.6 is 0 Å². The third-order valence-corrected chi connectivity index (χ3v) is 10.7. The van der Waals surface area contributed by atoms with Crippen LogP contribution in [0.5, 0.6) is 5.75 Å². The Balaban J connectivity index is 1.74. The first-order valence-corrected chi connectivity index (χ1v) is 15.7. The Bertz CT molecular complexity index is 1620. The van der Waals surface area contributed by atoms with Crippen LogP contribution in [0, 0.1) is 24.7 Å². The maximum Gasteiger partial charge on any atom is 0.247 e. The number of fused-ring (bicyclic) bond motifs is 1. The summed E-state index contributed by atoms with van der Waals surface area (Å²) in [4.78, 5) is 4.07. The van der Waals surface area contributed by atoms with Crippen molar-refractivity contribution >= 4 is 20.0 Å². The van der Waals surface area contributed by atoms with Crippen LogP contribution in [0.15, 0.2) is 76.8 Å². The molecule has 3 aromatic rings. The molecular weight excluding hydrogens is 550 g/mol. The van der Waals surface area contributed by atoms with Gasteiger partial charge >= 0.3 is 0 Å². The highest BCUT2D eigenvalue weighted by Gasteiger charge is 2.39. The van der Waals surface area contributed by atoms with E-state index in [9.17, 15) is 21.9 Å². The normalized spacial score (nSPS) is 19.9. The van der Waals surface area contributed by atoms with Crippen LogP contribution in [0.25, 0.3) is 0 Å². The molecule has 0 bridgehead atoms. The first-order chi connectivity index (χ1) is 18.9. The lowest BCUT2D eigenvalue weighted by Gasteiger charge is -2.37. The molecule has 0 aliphatic carbocycles. The number of aliphatic hydroxyl groups excluding tert-OH is 1. The molecule has 0 radical (unpaired) electrons. The third kappa shape index (κ3) is 6.37. The highest BCUT2D eigenvalue weighted by molar-refractivity contribution is 7.89. The molecule has 212 valence electrons. The molecule has 1 aliphatic rings. The number of hydrogen-bond acceptors (Lipinski definition) is 7. The van der Waals surface area contributed by atoms with Crippen molar-refractivity contribution in [3.63, 3.8) is 0 Å². The van der Waals surface area contributed by atoms with Crippen molar-refractivity contribution in [1.82, 2.24) is 13.6 Å². The lowest BCUT2D eigenvalue weighted by molar-refractivity contribution is 0.0904. The number of rotatable bonds is 6. The molecule has 3 atom stereocenters. The van der Waals surface area contributed by atoms with Gasteiger partial charge in [0.05, 0.1) is 18.0 Å². The van der Waals surface area contributed by atoms with E-state index in [4.69, 9.17) is 4.74 Å². The summed E-state index contributed by atoms with van der Waals surface area (Å²) in [5.41, 5.74) is 2.21. The van der Waals surface area contributed by atoms with Gasteiger partial charge in [0, 0.05) is 49.1 Å². The summed E-state index contributed by atoms with van der Waals surface area (Å²) in [5, 5.41) is 9.85. The second-order valence-corrected chi connectivity index (χ2v) is 13.9. The van der Waals surface area contributed by atoms with Crippen LogP contribution in [0.3, 0.4) is 0 Å². The van der Waals surface area contributed by atoms with Gasteiger partial charge in [0.2, 0.25) is 20.0 Å². The molecule has 1 aromatic heterocycles. The largest absolute Gasteiger partial charge is 0.487 e. The highest BCUT2D eigenvalue weighted by atomic mass is 32.2. The minimum atomic E-state index is -4.04. The number of aliphatic hydroxyl groups is 1. The Morgan fingerprint density at radius 2 is 1.75 bits per heavy atom. The number of nitrogens with zero attached hydrogens (tertiary/aromatic N) is 3. The van der Waals surface area contributed by atoms with Crippen LogP contribution in [-0.4, -0.2) is 74.4 Å². The van der Waals surface area contributed by atoms with Gasteiger partial charge in [0.1, 0.15) is 16.7 Å². The average Bonchev–Trinajstić information content (AvgIpc) is 2.94. The molecule has 11 heteroatoms. The van der Waals surface area contributed by atoms with Gasteiger partial charge in [-0.1, -0.05) is 36.5 Å². The summed E-state index contributed by atoms with van der Waals surface area (Å²) >= 11 is 0. The van der Waals surface area contributed by atoms with Gasteiger partial charge in [-0.3, -0.25) is 4.98 Å². The summed E-state index contributed by atoms with van der Waals surface area (Å²) in [6.45, 7) is 4.96. The van der Waals surface area contributed by atoms with Crippen LogP contribution in [-0.2, 0) is 20.0 Å². The lowest BCUT2D eigenvalue weighted by atomic mass is 10.0. The average molecular weight is 584 g/mol. The molecular formula is C29H33N3O6S2. The van der Waals surface area contributed by atoms with Crippen LogP contribution in [0.1, 0.15) is 30.5 Å². The van der Waals surface area contributed by atoms with Crippen molar-refractivity contribution < 1.29 is 26.7 Å². The molecule has 9 nitrogen and oxygen atoms in total. The number of hydrogen-bond donors (Lipinski definition) is 1. The first kappa shape index (κ1) is 29.7. The van der Waals surface area contributed by atoms with Gasteiger partial charge in [-0.25, -0.2) is 16.8 Å². The predicted molar refractivity (Wildman–Crippen MR) is 152 cm³/mol. The van der Waals surface area contributed by atoms with E-state index in [1.165, 1.54) is 21.7 Å². The van der Waals surface area contributed by atoms with E-state index in [0.29, 0.717) is 5.56 Å². The molecule has 0 unspecified atom stereocenters. The molecule has 0 fully saturated rings. The number of aryl methyl sites for hydroxylation is 1. The number of likely N-dealkylation sites (N-methyl/N-ethyl adjacent to an activating group) is 1. The molecule has 40 heavy (non-hydrogen) atoms. The van der Waals surface area contributed by atoms with Crippen molar-refractivity contribution in [3.8, 4) is 17.6 Å². The summed E-state index contributed by atoms with van der Waals surface area (Å²) in [5.74, 6) is 5.71. The molecule has 2 heterocycles. The van der Waals surface area contributed by atoms with E-state index >= 15 is 0 Å². The summed E-state index contributed by atoms with van der Waals surface area (Å²) in [6, 6.07) is 14.0. The third-order valence-electron chi connectivity index (χ3n) is 6.86. The molecule has 0 amide bonds. The highest BCUT2D eigenvalue weighted by Crippen LogP contribution is 2.34. The summed E-state index contributed by atoms with van der Waals surface area (Å²) in [6.07, 6.45) is 2.56. The molecule has 0 spiro atoms. The van der Waals surface area contributed by atoms with E-state index < -0.39 is 38.1 Å². The second kappa shape index (κ2) is 12.1. The van der Waals surface area contributed by atoms with Gasteiger partial charge in [0.25, 0.3) is 0 Å². The minimum absolute atomic E-state index is 0.0227. The Kier molecular flexibility index (Phi) is 8.97. The first-order valence-electron chi connectivity index (χ1n) is 12.8. The Labute approximate surface area is 236 Å². The van der Waals surface area contributed by atoms with Crippen LogP contribution < -0.4 is 4.74 Å². The van der Waals surface area contributed by atoms with Crippen molar-refractivity contribution in [2.24, 2.45) is 5.92 Å². The van der Waals surface area contributed by atoms with Gasteiger partial charge in [0.15, 0.2) is 0 Å². The molecule has 1 N–H and O–H groups in total. The van der Waals surface area contributed by atoms with Crippen molar-refractivity contribution in [1.29, 1.82) is 0 Å². The Hall–Kier alpha value is -3.27. The van der Waals surface area contributed by atoms with Crippen LogP contribution in [0.4, 0.5) is 0 Å². The fraction of sp³-hybridized carbons (Fsp3) is 0.345. The van der Waals surface area contributed by atoms with E-state index in [-0.39, 0.29) is 35.2 Å². The van der Waals surface area contributed by atoms with E-state index in [1.807, 2.05) is 13.8 Å². The predicted octanol–water partition coefficient (Wildman–Crippen LogP) is 2.88. The standard InChI is InChI=1S/C29H33N3O6S2/c1-21-5-10-26(11-6-21)39(34,35)31(4)19-28-22(2)18-32(23(3)20-33)40(36,37)29-12-9-25(17-27(29)38-28)8-7-24-13-15-30-16-14-24/h5-6,9-17,22-23,28,33H,18-20H2,1-4H3/t22-,23-,28+/m1/s1. The van der Waals surface area contributed by atoms with Crippen molar-refractivity contribution in [3.05, 3.63) is 83.7 Å². The summed E-state index contributed by atoms with van der Waals surface area (Å²) < 4.78 is 62.8. The lowest BCUT2D eigenvalue weighted by Crippen LogP contribution is -2.50. The van der Waals surface area contributed by atoms with Gasteiger partial charge in [-0.15, -0.1) is 0 Å². The molecule has 2 aromatic carbocycles. The van der Waals surface area contributed by atoms with Gasteiger partial charge in [-0.2, -0.15) is 8.61 Å². The quantitative estimate of drug-likeness (QED) is 0.444. The second-order valence-electron chi connectivity index (χ2n) is 9.99. The maximum absolute atomic E-state index is 13.7. The van der Waals surface area contributed by atoms with Crippen molar-refractivity contribution in [2.75, 3.05) is 26.7 Å². The van der Waals surface area contributed by atoms with E-state index in [0.717, 1.165) is 11.1 Å². The number of pyridine rings is 1. The zero-order valence-electron chi connectivity index (χ0n) is 22.9. The number of aromatic nitrogens is 1. The zero-order chi connectivity index (χ0) is 29.1. The molecule has 1 aliphatic heterocycles. The fourth-order valence-electron chi connectivity index (χ4n) is 4.34. The minimum Gasteiger partial charge on any atom is -0.487 e. The monoisotopic (exact) mass is 583 g/mol. The Morgan fingerprint density at radius 1 is 1.10 bits per heavy atom. The van der Waals surface area contributed by atoms with Crippen molar-refractivity contribution in [2.45, 2.75) is 42.7 Å². The fourth-order valence-corrected chi connectivity index (χ4v) is 7.35. The van der Waals surface area contributed by atoms with E-state index in [2.05, 4.69) is 16.8 Å². The van der Waals surface area contributed by atoms with Gasteiger partial charge < -0.3 is 9.84 Å². The zero-order valence-corrected chi connectivity index (χ0v) is 24.5. The smallest absolute Gasteiger partial charge is 0.247 e. The van der Waals surface area contributed by atoms with Crippen LogP contribution in [0.2, 0.25) is 0 Å². The number of benzene rings is 2. The topological polar surface area (TPSA) is 117 Å².